The molecule has 0 spiro atoms. The summed E-state index contributed by atoms with van der Waals surface area (Å²) in [6.45, 7) is 5.08. The molecular formula is C13H24N2O4. The van der Waals surface area contributed by atoms with Crippen LogP contribution >= 0.6 is 0 Å². The molecule has 1 fully saturated rings. The molecule has 6 nitrogen and oxygen atoms in total. The third-order valence-electron chi connectivity index (χ3n) is 3.20. The van der Waals surface area contributed by atoms with E-state index in [2.05, 4.69) is 5.32 Å². The van der Waals surface area contributed by atoms with Crippen LogP contribution in [0.15, 0.2) is 0 Å². The van der Waals surface area contributed by atoms with Crippen LogP contribution in [0.3, 0.4) is 0 Å². The smallest absolute Gasteiger partial charge is 0.320 e. The van der Waals surface area contributed by atoms with E-state index in [1.807, 2.05) is 11.8 Å². The summed E-state index contributed by atoms with van der Waals surface area (Å²) in [6.07, 6.45) is 2.58. The number of hydrogen-bond acceptors (Lipinski definition) is 4. The van der Waals surface area contributed by atoms with Crippen LogP contribution in [0, 0.1) is 0 Å². The Kier molecular flexibility index (Phi) is 7.43. The molecule has 0 aromatic carbocycles. The highest BCUT2D eigenvalue weighted by molar-refractivity contribution is 5.76. The standard InChI is InChI=1S/C13H24N2O4/c1-2-4-11(13(17)18)14-6-3-5-12(16)15-7-9-19-10-8-15/h11,14H,2-10H2,1H3,(H,17,18). The predicted molar refractivity (Wildman–Crippen MR) is 71.0 cm³/mol. The highest BCUT2D eigenvalue weighted by Gasteiger charge is 2.17. The minimum Gasteiger partial charge on any atom is -0.480 e. The first-order chi connectivity index (χ1) is 9.15. The number of morpholine rings is 1. The first kappa shape index (κ1) is 15.9. The Balaban J connectivity index is 2.15. The van der Waals surface area contributed by atoms with Gasteiger partial charge in [-0.1, -0.05) is 13.3 Å². The number of carboxylic acids is 1. The summed E-state index contributed by atoms with van der Waals surface area (Å²) < 4.78 is 5.19. The molecule has 0 aromatic heterocycles. The Morgan fingerprint density at radius 2 is 2.05 bits per heavy atom. The van der Waals surface area contributed by atoms with Crippen LogP contribution in [-0.4, -0.2) is 60.8 Å². The first-order valence-corrected chi connectivity index (χ1v) is 6.97. The second kappa shape index (κ2) is 8.87. The maximum Gasteiger partial charge on any atom is 0.320 e. The molecule has 0 radical (unpaired) electrons. The van der Waals surface area contributed by atoms with E-state index in [0.717, 1.165) is 6.42 Å². The van der Waals surface area contributed by atoms with Crippen LogP contribution in [0.2, 0.25) is 0 Å². The summed E-state index contributed by atoms with van der Waals surface area (Å²) in [6, 6.07) is -0.497. The molecule has 2 N–H and O–H groups in total. The molecule has 1 atom stereocenters. The molecule has 1 unspecified atom stereocenters. The minimum atomic E-state index is -0.818. The lowest BCUT2D eigenvalue weighted by atomic mass is 10.1. The number of hydrogen-bond donors (Lipinski definition) is 2. The van der Waals surface area contributed by atoms with E-state index in [4.69, 9.17) is 9.84 Å². The van der Waals surface area contributed by atoms with E-state index in [-0.39, 0.29) is 5.91 Å². The molecule has 19 heavy (non-hydrogen) atoms. The molecule has 1 amide bonds. The van der Waals surface area contributed by atoms with Crippen LogP contribution in [0.1, 0.15) is 32.6 Å². The molecule has 1 saturated heterocycles. The number of aliphatic carboxylic acids is 1. The zero-order chi connectivity index (χ0) is 14.1. The number of rotatable bonds is 8. The fraction of sp³-hybridized carbons (Fsp3) is 0.846. The summed E-state index contributed by atoms with van der Waals surface area (Å²) in [4.78, 5) is 24.6. The summed E-state index contributed by atoms with van der Waals surface area (Å²) in [5.41, 5.74) is 0. The van der Waals surface area contributed by atoms with Crippen molar-refractivity contribution in [2.24, 2.45) is 0 Å². The zero-order valence-corrected chi connectivity index (χ0v) is 11.6. The van der Waals surface area contributed by atoms with Gasteiger partial charge in [-0.25, -0.2) is 0 Å². The number of carbonyl (C=O) groups is 2. The van der Waals surface area contributed by atoms with E-state index in [1.54, 1.807) is 0 Å². The molecule has 0 aliphatic carbocycles. The van der Waals surface area contributed by atoms with Gasteiger partial charge in [0.2, 0.25) is 5.91 Å². The molecule has 1 rings (SSSR count). The molecule has 0 aromatic rings. The Morgan fingerprint density at radius 1 is 1.37 bits per heavy atom. The van der Waals surface area contributed by atoms with Gasteiger partial charge in [0.1, 0.15) is 6.04 Å². The van der Waals surface area contributed by atoms with Gasteiger partial charge in [-0.2, -0.15) is 0 Å². The van der Waals surface area contributed by atoms with Crippen molar-refractivity contribution in [3.05, 3.63) is 0 Å². The van der Waals surface area contributed by atoms with Crippen molar-refractivity contribution >= 4 is 11.9 Å². The van der Waals surface area contributed by atoms with Crippen molar-refractivity contribution in [1.29, 1.82) is 0 Å². The zero-order valence-electron chi connectivity index (χ0n) is 11.6. The fourth-order valence-electron chi connectivity index (χ4n) is 2.09. The molecular weight excluding hydrogens is 248 g/mol. The van der Waals surface area contributed by atoms with Crippen LogP contribution in [0.4, 0.5) is 0 Å². The third-order valence-corrected chi connectivity index (χ3v) is 3.20. The van der Waals surface area contributed by atoms with Crippen molar-refractivity contribution in [2.45, 2.75) is 38.6 Å². The van der Waals surface area contributed by atoms with E-state index in [1.165, 1.54) is 0 Å². The lowest BCUT2D eigenvalue weighted by Gasteiger charge is -2.26. The second-order valence-corrected chi connectivity index (χ2v) is 4.73. The third kappa shape index (κ3) is 6.02. The Hall–Kier alpha value is -1.14. The molecule has 0 saturated carbocycles. The minimum absolute atomic E-state index is 0.132. The van der Waals surface area contributed by atoms with E-state index in [0.29, 0.717) is 52.1 Å². The van der Waals surface area contributed by atoms with E-state index >= 15 is 0 Å². The molecule has 1 aliphatic heterocycles. The SMILES string of the molecule is CCCC(NCCCC(=O)N1CCOCC1)C(=O)O. The average molecular weight is 272 g/mol. The van der Waals surface area contributed by atoms with Gasteiger partial charge in [0.25, 0.3) is 0 Å². The Bertz CT molecular complexity index is 290. The monoisotopic (exact) mass is 272 g/mol. The molecule has 0 bridgehead atoms. The van der Waals surface area contributed by atoms with Crippen molar-refractivity contribution in [2.75, 3.05) is 32.8 Å². The summed E-state index contributed by atoms with van der Waals surface area (Å²) in [5, 5.41) is 11.9. The molecule has 1 aliphatic rings. The van der Waals surface area contributed by atoms with E-state index < -0.39 is 12.0 Å². The van der Waals surface area contributed by atoms with E-state index in [9.17, 15) is 9.59 Å². The number of carbonyl (C=O) groups excluding carboxylic acids is 1. The summed E-state index contributed by atoms with van der Waals surface area (Å²) in [5.74, 6) is -0.686. The van der Waals surface area contributed by atoms with Crippen LogP contribution < -0.4 is 5.32 Å². The van der Waals surface area contributed by atoms with Gasteiger partial charge in [0.15, 0.2) is 0 Å². The fourth-order valence-corrected chi connectivity index (χ4v) is 2.09. The maximum atomic E-state index is 11.8. The topological polar surface area (TPSA) is 78.9 Å². The maximum absolute atomic E-state index is 11.8. The van der Waals surface area contributed by atoms with Crippen molar-refractivity contribution in [1.82, 2.24) is 10.2 Å². The number of nitrogens with zero attached hydrogens (tertiary/aromatic N) is 1. The van der Waals surface area contributed by atoms with Gasteiger partial charge < -0.3 is 20.1 Å². The van der Waals surface area contributed by atoms with Crippen molar-refractivity contribution in [3.8, 4) is 0 Å². The normalized spacial score (nSPS) is 17.2. The van der Waals surface area contributed by atoms with Crippen molar-refractivity contribution < 1.29 is 19.4 Å². The highest BCUT2D eigenvalue weighted by atomic mass is 16.5. The number of nitrogens with one attached hydrogen (secondary N) is 1. The van der Waals surface area contributed by atoms with Gasteiger partial charge in [-0.05, 0) is 19.4 Å². The van der Waals surface area contributed by atoms with Gasteiger partial charge in [-0.3, -0.25) is 9.59 Å². The average Bonchev–Trinajstić information content (AvgIpc) is 2.42. The Morgan fingerprint density at radius 3 is 2.63 bits per heavy atom. The predicted octanol–water partition coefficient (Wildman–Crippen LogP) is 0.468. The molecule has 110 valence electrons. The quantitative estimate of drug-likeness (QED) is 0.628. The van der Waals surface area contributed by atoms with Gasteiger partial charge in [0, 0.05) is 19.5 Å². The summed E-state index contributed by atoms with van der Waals surface area (Å²) in [7, 11) is 0. The van der Waals surface area contributed by atoms with Crippen LogP contribution in [-0.2, 0) is 14.3 Å². The van der Waals surface area contributed by atoms with Gasteiger partial charge >= 0.3 is 5.97 Å². The lowest BCUT2D eigenvalue weighted by molar-refractivity contribution is -0.139. The molecule has 1 heterocycles. The number of amides is 1. The number of ether oxygens (including phenoxy) is 1. The van der Waals surface area contributed by atoms with Crippen molar-refractivity contribution in [3.63, 3.8) is 0 Å². The van der Waals surface area contributed by atoms with Gasteiger partial charge in [0.05, 0.1) is 13.2 Å². The molecule has 6 heteroatoms. The van der Waals surface area contributed by atoms with Crippen LogP contribution in [0.25, 0.3) is 0 Å². The van der Waals surface area contributed by atoms with Crippen LogP contribution in [0.5, 0.6) is 0 Å². The highest BCUT2D eigenvalue weighted by Crippen LogP contribution is 2.03. The summed E-state index contributed by atoms with van der Waals surface area (Å²) >= 11 is 0. The Labute approximate surface area is 114 Å². The first-order valence-electron chi connectivity index (χ1n) is 6.97. The van der Waals surface area contributed by atoms with Gasteiger partial charge in [-0.15, -0.1) is 0 Å². The number of carboxylic acid groups (broad SMARTS) is 1. The second-order valence-electron chi connectivity index (χ2n) is 4.73. The largest absolute Gasteiger partial charge is 0.480 e. The lowest BCUT2D eigenvalue weighted by Crippen LogP contribution is -2.41.